The average molecular weight is 214 g/mol. The lowest BCUT2D eigenvalue weighted by molar-refractivity contribution is 0.299. The van der Waals surface area contributed by atoms with E-state index in [2.05, 4.69) is 49.2 Å². The summed E-state index contributed by atoms with van der Waals surface area (Å²) >= 11 is 0. The third-order valence-corrected chi connectivity index (χ3v) is 4.18. The van der Waals surface area contributed by atoms with Crippen LogP contribution in [-0.4, -0.2) is 10.2 Å². The number of rotatable bonds is 1. The summed E-state index contributed by atoms with van der Waals surface area (Å²) < 4.78 is 0. The predicted octanol–water partition coefficient (Wildman–Crippen LogP) is 3.64. The van der Waals surface area contributed by atoms with E-state index in [0.717, 1.165) is 5.52 Å². The average Bonchev–Trinajstić information content (AvgIpc) is 2.91. The van der Waals surface area contributed by atoms with Gasteiger partial charge in [0.2, 0.25) is 0 Å². The van der Waals surface area contributed by atoms with Crippen LogP contribution in [-0.2, 0) is 5.41 Å². The van der Waals surface area contributed by atoms with Crippen molar-refractivity contribution in [2.75, 3.05) is 0 Å². The van der Waals surface area contributed by atoms with E-state index in [1.54, 1.807) is 0 Å². The van der Waals surface area contributed by atoms with Crippen LogP contribution < -0.4 is 0 Å². The molecule has 3 rings (SSSR count). The van der Waals surface area contributed by atoms with E-state index in [-0.39, 0.29) is 0 Å². The van der Waals surface area contributed by atoms with Crippen molar-refractivity contribution >= 4 is 10.9 Å². The maximum Gasteiger partial charge on any atom is 0.0650 e. The Morgan fingerprint density at radius 1 is 1.25 bits per heavy atom. The second kappa shape index (κ2) is 2.88. The smallest absolute Gasteiger partial charge is 0.0650 e. The Labute approximate surface area is 96.1 Å². The van der Waals surface area contributed by atoms with Gasteiger partial charge in [0.15, 0.2) is 0 Å². The minimum Gasteiger partial charge on any atom is -0.278 e. The number of aromatic amines is 1. The molecule has 1 heterocycles. The van der Waals surface area contributed by atoms with E-state index >= 15 is 0 Å². The lowest BCUT2D eigenvalue weighted by atomic mass is 9.73. The molecule has 0 saturated heterocycles. The second-order valence-corrected chi connectivity index (χ2v) is 6.00. The molecule has 1 aromatic heterocycles. The van der Waals surface area contributed by atoms with Crippen LogP contribution >= 0.6 is 0 Å². The van der Waals surface area contributed by atoms with Crippen LogP contribution in [0.2, 0.25) is 0 Å². The van der Waals surface area contributed by atoms with Crippen LogP contribution in [0.1, 0.15) is 39.2 Å². The van der Waals surface area contributed by atoms with Crippen molar-refractivity contribution in [2.24, 2.45) is 5.41 Å². The van der Waals surface area contributed by atoms with Gasteiger partial charge in [0, 0.05) is 10.8 Å². The molecule has 1 N–H and O–H groups in total. The lowest BCUT2D eigenvalue weighted by Crippen LogP contribution is -2.25. The molecule has 1 aliphatic rings. The first-order chi connectivity index (χ1) is 7.53. The Hall–Kier alpha value is -1.31. The van der Waals surface area contributed by atoms with Crippen LogP contribution in [0.3, 0.4) is 0 Å². The Morgan fingerprint density at radius 3 is 2.62 bits per heavy atom. The van der Waals surface area contributed by atoms with E-state index in [4.69, 9.17) is 0 Å². The Morgan fingerprint density at radius 2 is 2.00 bits per heavy atom. The molecule has 1 aromatic carbocycles. The van der Waals surface area contributed by atoms with Crippen molar-refractivity contribution in [2.45, 2.75) is 39.0 Å². The molecule has 0 aliphatic heterocycles. The van der Waals surface area contributed by atoms with Gasteiger partial charge < -0.3 is 0 Å². The Bertz CT molecular complexity index is 527. The quantitative estimate of drug-likeness (QED) is 0.771. The Kier molecular flexibility index (Phi) is 1.78. The van der Waals surface area contributed by atoms with Crippen LogP contribution in [0.25, 0.3) is 10.9 Å². The second-order valence-electron chi connectivity index (χ2n) is 6.00. The standard InChI is InChI=1S/C14H18N2/c1-13(2,3)14(6-7-14)11-4-5-12-10(8-11)9-15-16-12/h4-5,8-9H,6-7H2,1-3H3,(H,15,16). The van der Waals surface area contributed by atoms with E-state index in [0.29, 0.717) is 10.8 Å². The lowest BCUT2D eigenvalue weighted by Gasteiger charge is -2.31. The summed E-state index contributed by atoms with van der Waals surface area (Å²) in [7, 11) is 0. The summed E-state index contributed by atoms with van der Waals surface area (Å²) in [5.41, 5.74) is 3.37. The number of H-pyrrole nitrogens is 1. The van der Waals surface area contributed by atoms with Crippen molar-refractivity contribution in [3.8, 4) is 0 Å². The number of fused-ring (bicyclic) bond motifs is 1. The van der Waals surface area contributed by atoms with Gasteiger partial charge in [0.25, 0.3) is 0 Å². The summed E-state index contributed by atoms with van der Waals surface area (Å²) in [4.78, 5) is 0. The molecule has 1 saturated carbocycles. The molecule has 0 atom stereocenters. The third-order valence-electron chi connectivity index (χ3n) is 4.18. The highest BCUT2D eigenvalue weighted by molar-refractivity contribution is 5.79. The molecule has 2 aromatic rings. The molecular weight excluding hydrogens is 196 g/mol. The van der Waals surface area contributed by atoms with Gasteiger partial charge in [-0.1, -0.05) is 26.8 Å². The molecule has 1 fully saturated rings. The number of hydrogen-bond donors (Lipinski definition) is 1. The highest BCUT2D eigenvalue weighted by Crippen LogP contribution is 2.59. The highest BCUT2D eigenvalue weighted by Gasteiger charge is 2.52. The minimum absolute atomic E-state index is 0.352. The SMILES string of the molecule is CC(C)(C)C1(c2ccc3[nH]ncc3c2)CC1. The van der Waals surface area contributed by atoms with Crippen molar-refractivity contribution < 1.29 is 0 Å². The zero-order valence-corrected chi connectivity index (χ0v) is 10.2. The van der Waals surface area contributed by atoms with Crippen molar-refractivity contribution in [3.63, 3.8) is 0 Å². The first kappa shape index (κ1) is 9.88. The predicted molar refractivity (Wildman–Crippen MR) is 66.5 cm³/mol. The maximum absolute atomic E-state index is 4.08. The number of hydrogen-bond acceptors (Lipinski definition) is 1. The molecule has 0 bridgehead atoms. The van der Waals surface area contributed by atoms with E-state index in [1.165, 1.54) is 23.8 Å². The van der Waals surface area contributed by atoms with Gasteiger partial charge in [0.1, 0.15) is 0 Å². The fourth-order valence-electron chi connectivity index (χ4n) is 2.84. The Balaban J connectivity index is 2.12. The normalized spacial score (nSPS) is 18.9. The highest BCUT2D eigenvalue weighted by atomic mass is 15.1. The van der Waals surface area contributed by atoms with E-state index in [1.807, 2.05) is 6.20 Å². The summed E-state index contributed by atoms with van der Waals surface area (Å²) in [6.45, 7) is 7.04. The van der Waals surface area contributed by atoms with Crippen molar-refractivity contribution in [3.05, 3.63) is 30.0 Å². The molecular formula is C14H18N2. The van der Waals surface area contributed by atoms with Gasteiger partial charge in [-0.3, -0.25) is 5.10 Å². The zero-order chi connectivity index (χ0) is 11.4. The molecule has 0 spiro atoms. The molecule has 16 heavy (non-hydrogen) atoms. The van der Waals surface area contributed by atoms with Gasteiger partial charge in [-0.15, -0.1) is 0 Å². The van der Waals surface area contributed by atoms with Gasteiger partial charge in [-0.2, -0.15) is 5.10 Å². The summed E-state index contributed by atoms with van der Waals surface area (Å²) in [6.07, 6.45) is 4.55. The van der Waals surface area contributed by atoms with Gasteiger partial charge >= 0.3 is 0 Å². The summed E-state index contributed by atoms with van der Waals surface area (Å²) in [5.74, 6) is 0. The van der Waals surface area contributed by atoms with Crippen molar-refractivity contribution in [1.82, 2.24) is 10.2 Å². The van der Waals surface area contributed by atoms with Gasteiger partial charge in [-0.05, 0) is 36.0 Å². The number of aromatic nitrogens is 2. The fourth-order valence-corrected chi connectivity index (χ4v) is 2.84. The molecule has 1 aliphatic carbocycles. The van der Waals surface area contributed by atoms with Gasteiger partial charge in [-0.25, -0.2) is 0 Å². The monoisotopic (exact) mass is 214 g/mol. The molecule has 0 unspecified atom stereocenters. The van der Waals surface area contributed by atoms with Crippen molar-refractivity contribution in [1.29, 1.82) is 0 Å². The fraction of sp³-hybridized carbons (Fsp3) is 0.500. The third kappa shape index (κ3) is 1.22. The van der Waals surface area contributed by atoms with Crippen LogP contribution in [0, 0.1) is 5.41 Å². The molecule has 2 nitrogen and oxygen atoms in total. The molecule has 0 radical (unpaired) electrons. The van der Waals surface area contributed by atoms with E-state index in [9.17, 15) is 0 Å². The summed E-state index contributed by atoms with van der Waals surface area (Å²) in [5, 5.41) is 8.32. The number of benzene rings is 1. The molecule has 2 heteroatoms. The van der Waals surface area contributed by atoms with Crippen LogP contribution in [0.5, 0.6) is 0 Å². The first-order valence-electron chi connectivity index (χ1n) is 5.97. The number of nitrogens with one attached hydrogen (secondary N) is 1. The van der Waals surface area contributed by atoms with Crippen LogP contribution in [0.4, 0.5) is 0 Å². The molecule has 0 amide bonds. The summed E-state index contributed by atoms with van der Waals surface area (Å²) in [6, 6.07) is 6.72. The molecule has 84 valence electrons. The minimum atomic E-state index is 0.352. The van der Waals surface area contributed by atoms with Crippen LogP contribution in [0.15, 0.2) is 24.4 Å². The largest absolute Gasteiger partial charge is 0.278 e. The maximum atomic E-state index is 4.08. The van der Waals surface area contributed by atoms with E-state index < -0.39 is 0 Å². The topological polar surface area (TPSA) is 28.7 Å². The van der Waals surface area contributed by atoms with Gasteiger partial charge in [0.05, 0.1) is 11.7 Å². The zero-order valence-electron chi connectivity index (χ0n) is 10.2. The number of nitrogens with zero attached hydrogens (tertiary/aromatic N) is 1. The first-order valence-corrected chi connectivity index (χ1v) is 5.97.